The second-order valence-corrected chi connectivity index (χ2v) is 6.08. The number of aromatic amines is 1. The molecular weight excluding hydrogens is 276 g/mol. The van der Waals surface area contributed by atoms with Crippen LogP contribution in [-0.2, 0) is 5.41 Å². The Labute approximate surface area is 122 Å². The Morgan fingerprint density at radius 3 is 2.65 bits per heavy atom. The quantitative estimate of drug-likeness (QED) is 0.915. The lowest BCUT2D eigenvalue weighted by molar-refractivity contribution is 0.438. The van der Waals surface area contributed by atoms with Gasteiger partial charge >= 0.3 is 0 Å². The van der Waals surface area contributed by atoms with Gasteiger partial charge in [-0.2, -0.15) is 0 Å². The lowest BCUT2D eigenvalue weighted by atomic mass is 9.86. The molecule has 0 amide bonds. The van der Waals surface area contributed by atoms with Gasteiger partial charge in [-0.05, 0) is 24.0 Å². The van der Waals surface area contributed by atoms with E-state index in [4.69, 9.17) is 16.3 Å². The number of benzene rings is 1. The molecule has 1 heterocycles. The molecule has 0 spiro atoms. The van der Waals surface area contributed by atoms with Crippen molar-refractivity contribution in [2.45, 2.75) is 33.1 Å². The van der Waals surface area contributed by atoms with Crippen molar-refractivity contribution in [2.75, 3.05) is 0 Å². The van der Waals surface area contributed by atoms with Gasteiger partial charge in [-0.25, -0.2) is 4.98 Å². The number of aryl methyl sites for hydroxylation is 1. The first-order chi connectivity index (χ1) is 9.29. The van der Waals surface area contributed by atoms with Gasteiger partial charge in [0.15, 0.2) is 5.02 Å². The first-order valence-electron chi connectivity index (χ1n) is 6.31. The number of ether oxygens (including phenoxy) is 1. The van der Waals surface area contributed by atoms with E-state index in [9.17, 15) is 4.79 Å². The Balaban J connectivity index is 2.50. The monoisotopic (exact) mass is 292 g/mol. The SMILES string of the molecule is Cc1ccc(C(C)(C)C)c(Oc2nc[nH]c(=O)c2Cl)c1. The van der Waals surface area contributed by atoms with Gasteiger partial charge in [0.2, 0.25) is 5.88 Å². The van der Waals surface area contributed by atoms with Crippen molar-refractivity contribution in [2.24, 2.45) is 0 Å². The molecule has 0 saturated heterocycles. The first-order valence-corrected chi connectivity index (χ1v) is 6.69. The Hall–Kier alpha value is -1.81. The molecule has 4 nitrogen and oxygen atoms in total. The maximum absolute atomic E-state index is 11.5. The highest BCUT2D eigenvalue weighted by atomic mass is 35.5. The zero-order valence-corrected chi connectivity index (χ0v) is 12.7. The zero-order chi connectivity index (χ0) is 14.9. The van der Waals surface area contributed by atoms with Crippen LogP contribution >= 0.6 is 11.6 Å². The van der Waals surface area contributed by atoms with Crippen molar-refractivity contribution < 1.29 is 4.74 Å². The van der Waals surface area contributed by atoms with Crippen LogP contribution in [0, 0.1) is 6.92 Å². The van der Waals surface area contributed by atoms with Crippen molar-refractivity contribution in [3.63, 3.8) is 0 Å². The second kappa shape index (κ2) is 5.29. The summed E-state index contributed by atoms with van der Waals surface area (Å²) in [6.45, 7) is 8.26. The van der Waals surface area contributed by atoms with Crippen LogP contribution in [0.1, 0.15) is 31.9 Å². The fourth-order valence-electron chi connectivity index (χ4n) is 1.88. The van der Waals surface area contributed by atoms with Crippen LogP contribution in [0.4, 0.5) is 0 Å². The highest BCUT2D eigenvalue weighted by molar-refractivity contribution is 6.31. The van der Waals surface area contributed by atoms with Gasteiger partial charge in [0.05, 0.1) is 6.33 Å². The van der Waals surface area contributed by atoms with Crippen LogP contribution in [0.25, 0.3) is 0 Å². The number of halogens is 1. The molecule has 1 aromatic carbocycles. The molecule has 0 atom stereocenters. The average Bonchev–Trinajstić information content (AvgIpc) is 2.33. The summed E-state index contributed by atoms with van der Waals surface area (Å²) < 4.78 is 5.77. The molecule has 2 rings (SSSR count). The first kappa shape index (κ1) is 14.6. The van der Waals surface area contributed by atoms with E-state index >= 15 is 0 Å². The van der Waals surface area contributed by atoms with Crippen LogP contribution in [-0.4, -0.2) is 9.97 Å². The summed E-state index contributed by atoms with van der Waals surface area (Å²) in [5.41, 5.74) is 1.59. The lowest BCUT2D eigenvalue weighted by Crippen LogP contribution is -2.14. The van der Waals surface area contributed by atoms with Gasteiger partial charge in [0.25, 0.3) is 5.56 Å². The van der Waals surface area contributed by atoms with Crippen molar-refractivity contribution in [3.8, 4) is 11.6 Å². The zero-order valence-electron chi connectivity index (χ0n) is 12.0. The standard InChI is InChI=1S/C15H17ClN2O2/c1-9-5-6-10(15(2,3)4)11(7-9)20-14-12(16)13(19)17-8-18-14/h5-8H,1-4H3,(H,17,18,19). The number of aromatic nitrogens is 2. The molecule has 0 fully saturated rings. The van der Waals surface area contributed by atoms with Crippen LogP contribution in [0.5, 0.6) is 11.6 Å². The molecule has 1 aromatic heterocycles. The molecule has 2 aromatic rings. The summed E-state index contributed by atoms with van der Waals surface area (Å²) in [5.74, 6) is 0.781. The number of hydrogen-bond donors (Lipinski definition) is 1. The molecule has 0 aliphatic rings. The minimum absolute atomic E-state index is 0.0473. The smallest absolute Gasteiger partial charge is 0.273 e. The third kappa shape index (κ3) is 3.02. The van der Waals surface area contributed by atoms with Crippen molar-refractivity contribution >= 4 is 11.6 Å². The van der Waals surface area contributed by atoms with Gasteiger partial charge in [-0.3, -0.25) is 4.79 Å². The molecule has 0 unspecified atom stereocenters. The molecule has 0 aliphatic heterocycles. The molecule has 5 heteroatoms. The third-order valence-electron chi connectivity index (χ3n) is 2.92. The van der Waals surface area contributed by atoms with E-state index in [0.717, 1.165) is 11.1 Å². The largest absolute Gasteiger partial charge is 0.437 e. The van der Waals surface area contributed by atoms with E-state index in [-0.39, 0.29) is 16.3 Å². The fourth-order valence-corrected chi connectivity index (χ4v) is 2.02. The second-order valence-electron chi connectivity index (χ2n) is 5.70. The van der Waals surface area contributed by atoms with Crippen molar-refractivity contribution in [1.82, 2.24) is 9.97 Å². The van der Waals surface area contributed by atoms with E-state index in [1.165, 1.54) is 6.33 Å². The minimum Gasteiger partial charge on any atom is -0.437 e. The fraction of sp³-hybridized carbons (Fsp3) is 0.333. The average molecular weight is 293 g/mol. The van der Waals surface area contributed by atoms with E-state index in [2.05, 4.69) is 30.7 Å². The van der Waals surface area contributed by atoms with Crippen LogP contribution < -0.4 is 10.3 Å². The van der Waals surface area contributed by atoms with Gasteiger partial charge < -0.3 is 9.72 Å². The van der Waals surface area contributed by atoms with Crippen LogP contribution in [0.3, 0.4) is 0 Å². The van der Waals surface area contributed by atoms with Crippen molar-refractivity contribution in [3.05, 3.63) is 51.0 Å². The Morgan fingerprint density at radius 2 is 2.00 bits per heavy atom. The summed E-state index contributed by atoms with van der Waals surface area (Å²) in [4.78, 5) is 17.9. The van der Waals surface area contributed by atoms with E-state index in [0.29, 0.717) is 5.75 Å². The van der Waals surface area contributed by atoms with Gasteiger partial charge in [-0.15, -0.1) is 0 Å². The van der Waals surface area contributed by atoms with E-state index < -0.39 is 5.56 Å². The Morgan fingerprint density at radius 1 is 1.30 bits per heavy atom. The number of nitrogens with one attached hydrogen (secondary N) is 1. The number of nitrogens with zero attached hydrogens (tertiary/aromatic N) is 1. The topological polar surface area (TPSA) is 55.0 Å². The Kier molecular flexibility index (Phi) is 3.86. The summed E-state index contributed by atoms with van der Waals surface area (Å²) in [6.07, 6.45) is 1.27. The van der Waals surface area contributed by atoms with Crippen LogP contribution in [0.15, 0.2) is 29.3 Å². The predicted octanol–water partition coefficient (Wildman–Crippen LogP) is 3.82. The highest BCUT2D eigenvalue weighted by Gasteiger charge is 2.20. The number of hydrogen-bond acceptors (Lipinski definition) is 3. The van der Waals surface area contributed by atoms with Crippen LogP contribution in [0.2, 0.25) is 5.02 Å². The van der Waals surface area contributed by atoms with Gasteiger partial charge in [-0.1, -0.05) is 44.5 Å². The molecule has 0 radical (unpaired) electrons. The highest BCUT2D eigenvalue weighted by Crippen LogP contribution is 2.35. The third-order valence-corrected chi connectivity index (χ3v) is 3.25. The summed E-state index contributed by atoms with van der Waals surface area (Å²) in [6, 6.07) is 5.96. The summed E-state index contributed by atoms with van der Waals surface area (Å²) in [5, 5.41) is -0.0473. The molecule has 1 N–H and O–H groups in total. The van der Waals surface area contributed by atoms with E-state index in [1.54, 1.807) is 0 Å². The molecule has 0 saturated carbocycles. The molecule has 0 aliphatic carbocycles. The maximum atomic E-state index is 11.5. The molecule has 0 bridgehead atoms. The molecule has 106 valence electrons. The summed E-state index contributed by atoms with van der Waals surface area (Å²) in [7, 11) is 0. The normalized spacial score (nSPS) is 11.4. The van der Waals surface area contributed by atoms with E-state index in [1.807, 2.05) is 25.1 Å². The minimum atomic E-state index is -0.415. The van der Waals surface area contributed by atoms with Crippen molar-refractivity contribution in [1.29, 1.82) is 0 Å². The maximum Gasteiger partial charge on any atom is 0.273 e. The Bertz CT molecular complexity index is 687. The molecule has 20 heavy (non-hydrogen) atoms. The summed E-state index contributed by atoms with van der Waals surface area (Å²) >= 11 is 5.92. The molecular formula is C15H17ClN2O2. The predicted molar refractivity (Wildman–Crippen MR) is 79.8 cm³/mol. The number of rotatable bonds is 2. The van der Waals surface area contributed by atoms with Gasteiger partial charge in [0.1, 0.15) is 5.75 Å². The number of H-pyrrole nitrogens is 1. The lowest BCUT2D eigenvalue weighted by Gasteiger charge is -2.22. The van der Waals surface area contributed by atoms with Gasteiger partial charge in [0, 0.05) is 5.56 Å².